The van der Waals surface area contributed by atoms with E-state index in [0.29, 0.717) is 10.7 Å². The highest BCUT2D eigenvalue weighted by molar-refractivity contribution is 14.1. The summed E-state index contributed by atoms with van der Waals surface area (Å²) in [5.74, 6) is 0.860. The second kappa shape index (κ2) is 7.20. The van der Waals surface area contributed by atoms with Crippen LogP contribution in [0.2, 0.25) is 0 Å². The van der Waals surface area contributed by atoms with E-state index < -0.39 is 0 Å². The largest absolute Gasteiger partial charge is 0.296 e. The molecule has 0 unspecified atom stereocenters. The minimum atomic E-state index is -0.153. The van der Waals surface area contributed by atoms with Crippen LogP contribution in [0, 0.1) is 3.57 Å². The van der Waals surface area contributed by atoms with Crippen molar-refractivity contribution < 1.29 is 4.79 Å². The minimum absolute atomic E-state index is 0.153. The molecule has 0 saturated heterocycles. The molecule has 0 aliphatic rings. The maximum Gasteiger partial charge on any atom is 0.257 e. The van der Waals surface area contributed by atoms with Crippen molar-refractivity contribution >= 4 is 56.7 Å². The van der Waals surface area contributed by atoms with Gasteiger partial charge in [-0.3, -0.25) is 10.1 Å². The van der Waals surface area contributed by atoms with Gasteiger partial charge >= 0.3 is 0 Å². The van der Waals surface area contributed by atoms with Gasteiger partial charge in [-0.15, -0.1) is 10.2 Å². The van der Waals surface area contributed by atoms with Crippen molar-refractivity contribution in [3.8, 4) is 0 Å². The van der Waals surface area contributed by atoms with Gasteiger partial charge < -0.3 is 0 Å². The zero-order valence-electron chi connectivity index (χ0n) is 10.2. The molecule has 2 aromatic rings. The molecule has 1 aromatic carbocycles. The monoisotopic (exact) mass is 405 g/mol. The number of anilines is 1. The van der Waals surface area contributed by atoms with Gasteiger partial charge in [-0.1, -0.05) is 30.0 Å². The van der Waals surface area contributed by atoms with Crippen LogP contribution in [0.4, 0.5) is 5.13 Å². The summed E-state index contributed by atoms with van der Waals surface area (Å²) in [6.07, 6.45) is 1.09. The summed E-state index contributed by atoms with van der Waals surface area (Å²) in [4.78, 5) is 12.0. The van der Waals surface area contributed by atoms with Crippen LogP contribution in [0.1, 0.15) is 23.7 Å². The summed E-state index contributed by atoms with van der Waals surface area (Å²) in [7, 11) is 0. The molecule has 0 radical (unpaired) electrons. The first-order valence-electron chi connectivity index (χ1n) is 5.72. The Balaban J connectivity index is 1.98. The molecule has 0 aliphatic carbocycles. The molecule has 0 saturated carbocycles. The van der Waals surface area contributed by atoms with Crippen molar-refractivity contribution in [3.63, 3.8) is 0 Å². The second-order valence-corrected chi connectivity index (χ2v) is 7.25. The molecule has 100 valence electrons. The average Bonchev–Trinajstić information content (AvgIpc) is 2.84. The molecule has 19 heavy (non-hydrogen) atoms. The molecule has 0 atom stereocenters. The van der Waals surface area contributed by atoms with Crippen molar-refractivity contribution in [1.82, 2.24) is 10.2 Å². The van der Waals surface area contributed by atoms with Gasteiger partial charge in [-0.25, -0.2) is 0 Å². The van der Waals surface area contributed by atoms with Crippen molar-refractivity contribution in [2.24, 2.45) is 0 Å². The summed E-state index contributed by atoms with van der Waals surface area (Å²) in [6, 6.07) is 7.39. The van der Waals surface area contributed by atoms with Crippen LogP contribution in [0.25, 0.3) is 0 Å². The number of amides is 1. The fourth-order valence-corrected chi connectivity index (χ4v) is 3.31. The third-order valence-electron chi connectivity index (χ3n) is 2.16. The highest BCUT2D eigenvalue weighted by Crippen LogP contribution is 2.26. The van der Waals surface area contributed by atoms with E-state index in [1.807, 2.05) is 12.1 Å². The topological polar surface area (TPSA) is 54.9 Å². The van der Waals surface area contributed by atoms with E-state index in [1.54, 1.807) is 23.9 Å². The molecule has 1 heterocycles. The van der Waals surface area contributed by atoms with Crippen molar-refractivity contribution in [2.75, 3.05) is 11.1 Å². The minimum Gasteiger partial charge on any atom is -0.296 e. The first-order chi connectivity index (χ1) is 9.19. The highest BCUT2D eigenvalue weighted by atomic mass is 127. The van der Waals surface area contributed by atoms with Crippen LogP contribution in [0.15, 0.2) is 28.6 Å². The Labute approximate surface area is 133 Å². The smallest absolute Gasteiger partial charge is 0.257 e. The number of carbonyl (C=O) groups is 1. The van der Waals surface area contributed by atoms with E-state index in [1.165, 1.54) is 11.3 Å². The molecular formula is C12H12IN3OS2. The molecule has 1 N–H and O–H groups in total. The lowest BCUT2D eigenvalue weighted by molar-refractivity contribution is 0.102. The van der Waals surface area contributed by atoms with Gasteiger partial charge in [0.15, 0.2) is 4.34 Å². The Morgan fingerprint density at radius 2 is 2.11 bits per heavy atom. The lowest BCUT2D eigenvalue weighted by Gasteiger charge is -2.00. The van der Waals surface area contributed by atoms with E-state index in [4.69, 9.17) is 0 Å². The normalized spacial score (nSPS) is 10.4. The van der Waals surface area contributed by atoms with Gasteiger partial charge in [-0.05, 0) is 53.3 Å². The van der Waals surface area contributed by atoms with E-state index in [9.17, 15) is 4.79 Å². The van der Waals surface area contributed by atoms with Crippen LogP contribution >= 0.6 is 45.7 Å². The predicted molar refractivity (Wildman–Crippen MR) is 88.0 cm³/mol. The number of thioether (sulfide) groups is 1. The average molecular weight is 405 g/mol. The maximum atomic E-state index is 12.0. The number of carbonyl (C=O) groups excluding carboxylic acids is 1. The van der Waals surface area contributed by atoms with Crippen LogP contribution in [0.3, 0.4) is 0 Å². The van der Waals surface area contributed by atoms with Gasteiger partial charge in [0.2, 0.25) is 5.13 Å². The third-order valence-corrected chi connectivity index (χ3v) is 5.06. The Hall–Kier alpha value is -0.670. The zero-order valence-corrected chi connectivity index (χ0v) is 14.0. The Bertz CT molecular complexity index is 556. The van der Waals surface area contributed by atoms with Crippen molar-refractivity contribution in [2.45, 2.75) is 17.7 Å². The highest BCUT2D eigenvalue weighted by Gasteiger charge is 2.10. The van der Waals surface area contributed by atoms with E-state index in [-0.39, 0.29) is 5.91 Å². The zero-order chi connectivity index (χ0) is 13.7. The lowest BCUT2D eigenvalue weighted by Crippen LogP contribution is -2.11. The van der Waals surface area contributed by atoms with E-state index in [2.05, 4.69) is 45.0 Å². The Morgan fingerprint density at radius 1 is 1.37 bits per heavy atom. The first-order valence-corrected chi connectivity index (χ1v) is 8.60. The van der Waals surface area contributed by atoms with Gasteiger partial charge in [0.1, 0.15) is 0 Å². The molecule has 4 nitrogen and oxygen atoms in total. The molecule has 0 spiro atoms. The van der Waals surface area contributed by atoms with Crippen molar-refractivity contribution in [1.29, 1.82) is 0 Å². The molecule has 1 amide bonds. The summed E-state index contributed by atoms with van der Waals surface area (Å²) in [5.41, 5.74) is 0.623. The van der Waals surface area contributed by atoms with Crippen LogP contribution in [-0.4, -0.2) is 21.9 Å². The van der Waals surface area contributed by atoms with Crippen LogP contribution < -0.4 is 5.32 Å². The van der Waals surface area contributed by atoms with Gasteiger partial charge in [0.25, 0.3) is 5.91 Å². The Morgan fingerprint density at radius 3 is 2.79 bits per heavy atom. The molecule has 1 aromatic heterocycles. The molecule has 0 aliphatic heterocycles. The van der Waals surface area contributed by atoms with Crippen LogP contribution in [0.5, 0.6) is 0 Å². The lowest BCUT2D eigenvalue weighted by atomic mass is 10.2. The number of benzene rings is 1. The Kier molecular flexibility index (Phi) is 5.59. The molecule has 0 fully saturated rings. The SMILES string of the molecule is CCCSc1nnc(NC(=O)c2ccc(I)cc2)s1. The van der Waals surface area contributed by atoms with E-state index in [0.717, 1.165) is 20.1 Å². The second-order valence-electron chi connectivity index (χ2n) is 3.68. The summed E-state index contributed by atoms with van der Waals surface area (Å²) < 4.78 is 1.99. The van der Waals surface area contributed by atoms with Gasteiger partial charge in [0, 0.05) is 14.9 Å². The molecule has 7 heteroatoms. The predicted octanol–water partition coefficient (Wildman–Crippen LogP) is 3.90. The fourth-order valence-electron chi connectivity index (χ4n) is 1.28. The number of rotatable bonds is 5. The number of nitrogens with zero attached hydrogens (tertiary/aromatic N) is 2. The van der Waals surface area contributed by atoms with Crippen molar-refractivity contribution in [3.05, 3.63) is 33.4 Å². The number of nitrogens with one attached hydrogen (secondary N) is 1. The standard InChI is InChI=1S/C12H12IN3OS2/c1-2-7-18-12-16-15-11(19-12)14-10(17)8-3-5-9(13)6-4-8/h3-6H,2,7H2,1H3,(H,14,15,17). The summed E-state index contributed by atoms with van der Waals surface area (Å²) in [6.45, 7) is 2.12. The fraction of sp³-hybridized carbons (Fsp3) is 0.250. The summed E-state index contributed by atoms with van der Waals surface area (Å²) >= 11 is 5.27. The first kappa shape index (κ1) is 14.7. The quantitative estimate of drug-likeness (QED) is 0.466. The summed E-state index contributed by atoms with van der Waals surface area (Å²) in [5, 5.41) is 11.3. The molecule has 0 bridgehead atoms. The van der Waals surface area contributed by atoms with Crippen LogP contribution in [-0.2, 0) is 0 Å². The molecule has 2 rings (SSSR count). The number of hydrogen-bond donors (Lipinski definition) is 1. The third kappa shape index (κ3) is 4.43. The number of hydrogen-bond acceptors (Lipinski definition) is 5. The number of aromatic nitrogens is 2. The molecular weight excluding hydrogens is 393 g/mol. The number of halogens is 1. The van der Waals surface area contributed by atoms with Gasteiger partial charge in [-0.2, -0.15) is 0 Å². The maximum absolute atomic E-state index is 12.0. The van der Waals surface area contributed by atoms with Gasteiger partial charge in [0.05, 0.1) is 0 Å². The van der Waals surface area contributed by atoms with E-state index >= 15 is 0 Å².